The van der Waals surface area contributed by atoms with Crippen LogP contribution in [0.5, 0.6) is 0 Å². The third kappa shape index (κ3) is 4.29. The number of anilines is 1. The highest BCUT2D eigenvalue weighted by molar-refractivity contribution is 7.89. The number of hydrogen-bond acceptors (Lipinski definition) is 7. The standard InChI is InChI=1S/C25H21N7O5S/c26-23(33)15-2-1-3-17(12-15)32-22-19(21(30-32)24(27)34)9-11-31(25(22)35)16-6-4-14(5-7-16)18-8-10-29-13-20(18)38(28,36)37/h1-8,10,12-13H,9,11H2,(H2,26,33)(H2,27,34)(H2,28,36,37). The Morgan fingerprint density at radius 3 is 2.34 bits per heavy atom. The molecule has 0 saturated heterocycles. The van der Waals surface area contributed by atoms with Gasteiger partial charge in [0.25, 0.3) is 11.8 Å². The summed E-state index contributed by atoms with van der Waals surface area (Å²) in [6.07, 6.45) is 2.94. The molecule has 2 aromatic heterocycles. The maximum Gasteiger partial charge on any atom is 0.277 e. The Morgan fingerprint density at radius 1 is 0.947 bits per heavy atom. The van der Waals surface area contributed by atoms with Crippen LogP contribution in [-0.2, 0) is 16.4 Å². The maximum atomic E-state index is 13.7. The molecule has 0 unspecified atom stereocenters. The number of carbonyl (C=O) groups excluding carboxylic acids is 3. The molecule has 0 aliphatic carbocycles. The zero-order chi connectivity index (χ0) is 27.2. The van der Waals surface area contributed by atoms with E-state index in [0.29, 0.717) is 34.5 Å². The predicted octanol–water partition coefficient (Wildman–Crippen LogP) is 0.982. The van der Waals surface area contributed by atoms with Crippen molar-refractivity contribution in [3.8, 4) is 16.8 Å². The van der Waals surface area contributed by atoms with Gasteiger partial charge in [-0.05, 0) is 48.4 Å². The zero-order valence-corrected chi connectivity index (χ0v) is 20.6. The van der Waals surface area contributed by atoms with E-state index in [9.17, 15) is 22.8 Å². The number of benzene rings is 2. The quantitative estimate of drug-likeness (QED) is 0.329. The molecule has 0 saturated carbocycles. The molecule has 5 rings (SSSR count). The molecular weight excluding hydrogens is 510 g/mol. The molecule has 192 valence electrons. The minimum absolute atomic E-state index is 0.0268. The Morgan fingerprint density at radius 2 is 1.68 bits per heavy atom. The van der Waals surface area contributed by atoms with Gasteiger partial charge >= 0.3 is 0 Å². The van der Waals surface area contributed by atoms with Crippen LogP contribution in [-0.4, -0.2) is 47.4 Å². The second kappa shape index (κ2) is 9.21. The second-order valence-electron chi connectivity index (χ2n) is 8.54. The molecule has 3 heterocycles. The summed E-state index contributed by atoms with van der Waals surface area (Å²) >= 11 is 0. The van der Waals surface area contributed by atoms with Crippen molar-refractivity contribution in [2.24, 2.45) is 16.6 Å². The molecule has 12 nitrogen and oxygen atoms in total. The van der Waals surface area contributed by atoms with Gasteiger partial charge in [0.05, 0.1) is 5.69 Å². The molecule has 2 aromatic carbocycles. The molecule has 38 heavy (non-hydrogen) atoms. The molecule has 3 amide bonds. The molecule has 4 aromatic rings. The van der Waals surface area contributed by atoms with Crippen LogP contribution in [0.25, 0.3) is 16.8 Å². The summed E-state index contributed by atoms with van der Waals surface area (Å²) in [5.74, 6) is -1.87. The van der Waals surface area contributed by atoms with Gasteiger partial charge in [0.2, 0.25) is 15.9 Å². The van der Waals surface area contributed by atoms with E-state index in [2.05, 4.69) is 10.1 Å². The molecule has 0 bridgehead atoms. The number of amides is 3. The maximum absolute atomic E-state index is 13.7. The van der Waals surface area contributed by atoms with Crippen molar-refractivity contribution in [2.75, 3.05) is 11.4 Å². The van der Waals surface area contributed by atoms with Crippen molar-refractivity contribution in [1.82, 2.24) is 14.8 Å². The van der Waals surface area contributed by atoms with Gasteiger partial charge in [0, 0.05) is 41.3 Å². The average molecular weight is 532 g/mol. The Balaban J connectivity index is 1.55. The molecular formula is C25H21N7O5S. The third-order valence-electron chi connectivity index (χ3n) is 6.21. The normalized spacial score (nSPS) is 13.3. The summed E-state index contributed by atoms with van der Waals surface area (Å²) in [6.45, 7) is 0.246. The van der Waals surface area contributed by atoms with E-state index in [1.807, 2.05) is 0 Å². The van der Waals surface area contributed by atoms with Crippen LogP contribution in [0, 0.1) is 0 Å². The van der Waals surface area contributed by atoms with E-state index in [4.69, 9.17) is 16.6 Å². The van der Waals surface area contributed by atoms with Crippen LogP contribution in [0.2, 0.25) is 0 Å². The fourth-order valence-corrected chi connectivity index (χ4v) is 5.15. The number of sulfonamides is 1. The van der Waals surface area contributed by atoms with Gasteiger partial charge in [-0.25, -0.2) is 18.2 Å². The van der Waals surface area contributed by atoms with Gasteiger partial charge in [0.1, 0.15) is 10.6 Å². The first-order valence-corrected chi connectivity index (χ1v) is 12.8. The SMILES string of the molecule is NC(=O)c1cccc(-n2nc(C(N)=O)c3c2C(=O)N(c2ccc(-c4ccncc4S(N)(=O)=O)cc2)CC3)c1. The van der Waals surface area contributed by atoms with Gasteiger partial charge in [-0.15, -0.1) is 0 Å². The minimum Gasteiger partial charge on any atom is -0.366 e. The van der Waals surface area contributed by atoms with Crippen LogP contribution < -0.4 is 21.5 Å². The smallest absolute Gasteiger partial charge is 0.277 e. The Bertz CT molecular complexity index is 1730. The number of nitrogens with two attached hydrogens (primary N) is 3. The number of hydrogen-bond donors (Lipinski definition) is 3. The van der Waals surface area contributed by atoms with Crippen molar-refractivity contribution in [1.29, 1.82) is 0 Å². The molecule has 0 atom stereocenters. The first-order valence-electron chi connectivity index (χ1n) is 11.3. The van der Waals surface area contributed by atoms with Crippen LogP contribution in [0.15, 0.2) is 71.9 Å². The molecule has 1 aliphatic heterocycles. The number of aromatic nitrogens is 3. The second-order valence-corrected chi connectivity index (χ2v) is 10.1. The summed E-state index contributed by atoms with van der Waals surface area (Å²) < 4.78 is 25.2. The van der Waals surface area contributed by atoms with Gasteiger partial charge in [-0.1, -0.05) is 18.2 Å². The summed E-state index contributed by atoms with van der Waals surface area (Å²) in [5, 5.41) is 9.62. The van der Waals surface area contributed by atoms with Crippen molar-refractivity contribution < 1.29 is 22.8 Å². The van der Waals surface area contributed by atoms with Crippen LogP contribution >= 0.6 is 0 Å². The van der Waals surface area contributed by atoms with Gasteiger partial charge in [-0.2, -0.15) is 5.10 Å². The topological polar surface area (TPSA) is 197 Å². The summed E-state index contributed by atoms with van der Waals surface area (Å²) in [6, 6.07) is 14.4. The lowest BCUT2D eigenvalue weighted by molar-refractivity contribution is 0.0971. The zero-order valence-electron chi connectivity index (χ0n) is 19.7. The lowest BCUT2D eigenvalue weighted by atomic mass is 10.0. The minimum atomic E-state index is -4.00. The first kappa shape index (κ1) is 24.8. The van der Waals surface area contributed by atoms with E-state index in [1.54, 1.807) is 36.4 Å². The first-order chi connectivity index (χ1) is 18.1. The summed E-state index contributed by atoms with van der Waals surface area (Å²) in [7, 11) is -4.00. The van der Waals surface area contributed by atoms with E-state index < -0.39 is 27.7 Å². The number of pyridine rings is 1. The van der Waals surface area contributed by atoms with Crippen LogP contribution in [0.1, 0.15) is 36.9 Å². The van der Waals surface area contributed by atoms with E-state index >= 15 is 0 Å². The number of rotatable bonds is 6. The van der Waals surface area contributed by atoms with E-state index in [1.165, 1.54) is 40.2 Å². The van der Waals surface area contributed by atoms with E-state index in [0.717, 1.165) is 0 Å². The van der Waals surface area contributed by atoms with Crippen LogP contribution in [0.4, 0.5) is 5.69 Å². The number of fused-ring (bicyclic) bond motifs is 1. The summed E-state index contributed by atoms with van der Waals surface area (Å²) in [5.41, 5.74) is 13.5. The number of carbonyl (C=O) groups is 3. The summed E-state index contributed by atoms with van der Waals surface area (Å²) in [4.78, 5) is 42.8. The molecule has 1 aliphatic rings. The van der Waals surface area contributed by atoms with Gasteiger partial charge < -0.3 is 16.4 Å². The number of primary sulfonamides is 1. The molecule has 0 radical (unpaired) electrons. The highest BCUT2D eigenvalue weighted by Gasteiger charge is 2.34. The molecule has 6 N–H and O–H groups in total. The van der Waals surface area contributed by atoms with E-state index in [-0.39, 0.29) is 28.4 Å². The lowest BCUT2D eigenvalue weighted by Gasteiger charge is -2.28. The van der Waals surface area contributed by atoms with Gasteiger partial charge in [-0.3, -0.25) is 19.4 Å². The van der Waals surface area contributed by atoms with Crippen LogP contribution in [0.3, 0.4) is 0 Å². The highest BCUT2D eigenvalue weighted by Crippen LogP contribution is 2.31. The Kier molecular flexibility index (Phi) is 6.01. The monoisotopic (exact) mass is 531 g/mol. The fraction of sp³-hybridized carbons (Fsp3) is 0.0800. The van der Waals surface area contributed by atoms with Crippen molar-refractivity contribution >= 4 is 33.4 Å². The third-order valence-corrected chi connectivity index (χ3v) is 7.14. The van der Waals surface area contributed by atoms with Crippen molar-refractivity contribution in [2.45, 2.75) is 11.3 Å². The van der Waals surface area contributed by atoms with Crippen molar-refractivity contribution in [3.63, 3.8) is 0 Å². The van der Waals surface area contributed by atoms with Gasteiger partial charge in [0.15, 0.2) is 5.69 Å². The predicted molar refractivity (Wildman–Crippen MR) is 137 cm³/mol. The van der Waals surface area contributed by atoms with Crippen molar-refractivity contribution in [3.05, 3.63) is 89.5 Å². The number of nitrogens with zero attached hydrogens (tertiary/aromatic N) is 4. The average Bonchev–Trinajstić information content (AvgIpc) is 3.30. The Hall–Kier alpha value is -4.88. The largest absolute Gasteiger partial charge is 0.366 e. The lowest BCUT2D eigenvalue weighted by Crippen LogP contribution is -2.39. The Labute approximate surface area is 216 Å². The number of primary amides is 2. The highest BCUT2D eigenvalue weighted by atomic mass is 32.2. The fourth-order valence-electron chi connectivity index (χ4n) is 4.45. The molecule has 0 fully saturated rings. The molecule has 0 spiro atoms. The molecule has 13 heteroatoms.